The Labute approximate surface area is 163 Å². The first-order chi connectivity index (χ1) is 13.7. The first kappa shape index (κ1) is 21.9. The molecule has 1 aliphatic heterocycles. The van der Waals surface area contributed by atoms with Crippen LogP contribution in [0, 0.1) is 10.1 Å². The highest BCUT2D eigenvalue weighted by atomic mass is 16.7. The van der Waals surface area contributed by atoms with Gasteiger partial charge < -0.3 is 24.9 Å². The number of nitro groups is 1. The molecule has 1 aromatic rings. The van der Waals surface area contributed by atoms with Crippen LogP contribution in [0.4, 0.5) is 5.69 Å². The predicted octanol–water partition coefficient (Wildman–Crippen LogP) is -2.37. The van der Waals surface area contributed by atoms with Crippen molar-refractivity contribution in [2.75, 3.05) is 19.8 Å². The lowest BCUT2D eigenvalue weighted by Gasteiger charge is -2.12. The van der Waals surface area contributed by atoms with Crippen molar-refractivity contribution < 1.29 is 43.7 Å². The molecule has 14 heteroatoms. The number of ether oxygens (including phenoxy) is 1. The molecule has 0 atom stereocenters. The van der Waals surface area contributed by atoms with Crippen LogP contribution >= 0.6 is 0 Å². The second-order valence-electron chi connectivity index (χ2n) is 5.80. The lowest BCUT2D eigenvalue weighted by atomic mass is 9.79. The van der Waals surface area contributed by atoms with Crippen molar-refractivity contribution in [3.63, 3.8) is 0 Å². The number of nitrogens with zero attached hydrogens (tertiary/aromatic N) is 2. The van der Waals surface area contributed by atoms with Gasteiger partial charge in [0.25, 0.3) is 23.4 Å². The summed E-state index contributed by atoms with van der Waals surface area (Å²) in [5.74, 6) is -2.96. The predicted molar refractivity (Wildman–Crippen MR) is 93.3 cm³/mol. The number of amides is 3. The molecule has 0 aliphatic carbocycles. The summed E-state index contributed by atoms with van der Waals surface area (Å²) in [5, 5.41) is 32.0. The summed E-state index contributed by atoms with van der Waals surface area (Å²) < 4.78 is 4.96. The Morgan fingerprint density at radius 3 is 2.45 bits per heavy atom. The van der Waals surface area contributed by atoms with E-state index in [1.54, 1.807) is 0 Å². The van der Waals surface area contributed by atoms with Crippen LogP contribution in [0.25, 0.3) is 0 Å². The van der Waals surface area contributed by atoms with Crippen molar-refractivity contribution in [2.45, 2.75) is 12.8 Å². The van der Waals surface area contributed by atoms with Crippen LogP contribution in [0.3, 0.4) is 0 Å². The number of hydrogen-bond acceptors (Lipinski definition) is 10. The van der Waals surface area contributed by atoms with Crippen LogP contribution in [0.2, 0.25) is 0 Å². The molecule has 0 aromatic heterocycles. The second-order valence-corrected chi connectivity index (χ2v) is 5.80. The summed E-state index contributed by atoms with van der Waals surface area (Å²) in [5.41, 5.74) is -0.895. The maximum Gasteiger partial charge on any atom is 0.488 e. The minimum atomic E-state index is -2.00. The number of hydrogen-bond donors (Lipinski definition) is 3. The standard InChI is InChI=1S/C15H16BN3O10/c20-12-1-2-13(21)18(12)29-14(22)8-28-4-3-17-15(23)9-5-10(16(24)25)7-11(6-9)19(26)27/h5-7,24-25H,1-4,8H2,(H,17,23). The fourth-order valence-corrected chi connectivity index (χ4v) is 2.30. The molecule has 3 N–H and O–H groups in total. The Bertz CT molecular complexity index is 828. The minimum Gasteiger partial charge on any atom is -0.423 e. The number of non-ortho nitro benzene ring substituents is 1. The SMILES string of the molecule is O=C(COCCNC(=O)c1cc(B(O)O)cc([N+](=O)[O-])c1)ON1C(=O)CCC1=O. The summed E-state index contributed by atoms with van der Waals surface area (Å²) in [6, 6.07) is 2.96. The molecule has 1 aliphatic rings. The van der Waals surface area contributed by atoms with Gasteiger partial charge in [0.2, 0.25) is 0 Å². The number of carbonyl (C=O) groups is 4. The molecule has 0 unspecified atom stereocenters. The number of nitro benzene ring substituents is 1. The molecule has 154 valence electrons. The van der Waals surface area contributed by atoms with E-state index < -0.39 is 48.0 Å². The highest BCUT2D eigenvalue weighted by molar-refractivity contribution is 6.58. The first-order valence-electron chi connectivity index (χ1n) is 8.27. The normalized spacial score (nSPS) is 13.4. The fourth-order valence-electron chi connectivity index (χ4n) is 2.30. The van der Waals surface area contributed by atoms with Crippen molar-refractivity contribution in [3.8, 4) is 0 Å². The van der Waals surface area contributed by atoms with Gasteiger partial charge in [0.05, 0.1) is 11.5 Å². The molecular weight excluding hydrogens is 393 g/mol. The van der Waals surface area contributed by atoms with Gasteiger partial charge in [0.15, 0.2) is 0 Å². The number of rotatable bonds is 9. The first-order valence-corrected chi connectivity index (χ1v) is 8.27. The lowest BCUT2D eigenvalue weighted by molar-refractivity contribution is -0.384. The third kappa shape index (κ3) is 6.07. The lowest BCUT2D eigenvalue weighted by Crippen LogP contribution is -2.34. The van der Waals surface area contributed by atoms with Crippen molar-refractivity contribution in [1.29, 1.82) is 0 Å². The third-order valence-electron chi connectivity index (χ3n) is 3.66. The highest BCUT2D eigenvalue weighted by Crippen LogP contribution is 2.13. The van der Waals surface area contributed by atoms with Gasteiger partial charge in [0, 0.05) is 37.1 Å². The van der Waals surface area contributed by atoms with E-state index in [0.29, 0.717) is 5.06 Å². The van der Waals surface area contributed by atoms with Gasteiger partial charge in [-0.05, 0) is 11.5 Å². The largest absolute Gasteiger partial charge is 0.488 e. The smallest absolute Gasteiger partial charge is 0.423 e. The van der Waals surface area contributed by atoms with Gasteiger partial charge in [-0.25, -0.2) is 4.79 Å². The van der Waals surface area contributed by atoms with Gasteiger partial charge >= 0.3 is 13.1 Å². The molecule has 0 bridgehead atoms. The number of nitrogens with one attached hydrogen (secondary N) is 1. The summed E-state index contributed by atoms with van der Waals surface area (Å²) in [7, 11) is -2.00. The van der Waals surface area contributed by atoms with Crippen LogP contribution in [0.15, 0.2) is 18.2 Å². The molecular formula is C15H16BN3O10. The van der Waals surface area contributed by atoms with E-state index in [1.807, 2.05) is 0 Å². The van der Waals surface area contributed by atoms with Crippen molar-refractivity contribution in [2.24, 2.45) is 0 Å². The Balaban J connectivity index is 1.78. The van der Waals surface area contributed by atoms with Gasteiger partial charge in [0.1, 0.15) is 6.61 Å². The molecule has 1 fully saturated rings. The van der Waals surface area contributed by atoms with Gasteiger partial charge in [-0.2, -0.15) is 0 Å². The number of benzene rings is 1. The van der Waals surface area contributed by atoms with Gasteiger partial charge in [-0.15, -0.1) is 5.06 Å². The summed E-state index contributed by atoms with van der Waals surface area (Å²) in [6.07, 6.45) is -0.0721. The monoisotopic (exact) mass is 409 g/mol. The van der Waals surface area contributed by atoms with E-state index in [4.69, 9.17) is 14.8 Å². The van der Waals surface area contributed by atoms with Crippen LogP contribution in [0.1, 0.15) is 23.2 Å². The van der Waals surface area contributed by atoms with Crippen LogP contribution in [-0.4, -0.2) is 70.6 Å². The Morgan fingerprint density at radius 1 is 1.21 bits per heavy atom. The molecule has 3 amide bonds. The van der Waals surface area contributed by atoms with E-state index >= 15 is 0 Å². The van der Waals surface area contributed by atoms with Gasteiger partial charge in [-0.1, -0.05) is 0 Å². The fraction of sp³-hybridized carbons (Fsp3) is 0.333. The number of hydroxylamine groups is 2. The van der Waals surface area contributed by atoms with Crippen molar-refractivity contribution in [3.05, 3.63) is 33.9 Å². The summed E-state index contributed by atoms with van der Waals surface area (Å²) >= 11 is 0. The quantitative estimate of drug-likeness (QED) is 0.131. The average Bonchev–Trinajstić information content (AvgIpc) is 2.99. The minimum absolute atomic E-state index is 0.0360. The Hall–Kier alpha value is -3.36. The van der Waals surface area contributed by atoms with Gasteiger partial charge in [-0.3, -0.25) is 24.5 Å². The summed E-state index contributed by atoms with van der Waals surface area (Å²) in [6.45, 7) is -0.814. The number of carbonyl (C=O) groups excluding carboxylic acids is 4. The molecule has 13 nitrogen and oxygen atoms in total. The van der Waals surface area contributed by atoms with Crippen molar-refractivity contribution in [1.82, 2.24) is 10.4 Å². The molecule has 0 radical (unpaired) electrons. The molecule has 0 spiro atoms. The molecule has 1 aromatic carbocycles. The zero-order chi connectivity index (χ0) is 21.6. The van der Waals surface area contributed by atoms with Crippen LogP contribution < -0.4 is 10.8 Å². The second kappa shape index (κ2) is 9.72. The van der Waals surface area contributed by atoms with E-state index in [2.05, 4.69) is 10.2 Å². The molecule has 0 saturated carbocycles. The maximum atomic E-state index is 12.1. The van der Waals surface area contributed by atoms with E-state index in [0.717, 1.165) is 18.2 Å². The Morgan fingerprint density at radius 2 is 1.86 bits per heavy atom. The molecule has 1 heterocycles. The average molecular weight is 409 g/mol. The van der Waals surface area contributed by atoms with Crippen LogP contribution in [0.5, 0.6) is 0 Å². The summed E-state index contributed by atoms with van der Waals surface area (Å²) in [4.78, 5) is 60.9. The van der Waals surface area contributed by atoms with E-state index in [1.165, 1.54) is 0 Å². The zero-order valence-corrected chi connectivity index (χ0v) is 14.9. The van der Waals surface area contributed by atoms with Crippen molar-refractivity contribution >= 4 is 42.0 Å². The van der Waals surface area contributed by atoms with Crippen LogP contribution in [-0.2, 0) is 24.0 Å². The van der Waals surface area contributed by atoms with E-state index in [9.17, 15) is 29.3 Å². The molecule has 1 saturated heterocycles. The molecule has 2 rings (SSSR count). The topological polar surface area (TPSA) is 186 Å². The van der Waals surface area contributed by atoms with E-state index in [-0.39, 0.29) is 37.0 Å². The third-order valence-corrected chi connectivity index (χ3v) is 3.66. The number of imide groups is 1. The zero-order valence-electron chi connectivity index (χ0n) is 14.9. The maximum absolute atomic E-state index is 12.1. The Kier molecular flexibility index (Phi) is 7.36. The highest BCUT2D eigenvalue weighted by Gasteiger charge is 2.32. The molecule has 29 heavy (non-hydrogen) atoms.